The lowest BCUT2D eigenvalue weighted by Gasteiger charge is -2.36. The van der Waals surface area contributed by atoms with Gasteiger partial charge in [0.1, 0.15) is 5.75 Å². The zero-order valence-electron chi connectivity index (χ0n) is 14.9. The third-order valence-corrected chi connectivity index (χ3v) is 5.68. The minimum Gasteiger partial charge on any atom is -0.495 e. The van der Waals surface area contributed by atoms with E-state index in [1.54, 1.807) is 7.11 Å². The summed E-state index contributed by atoms with van der Waals surface area (Å²) in [7, 11) is 1.71. The Balaban J connectivity index is 1.30. The second-order valence-electron chi connectivity index (χ2n) is 6.59. The largest absolute Gasteiger partial charge is 0.495 e. The van der Waals surface area contributed by atoms with Crippen molar-refractivity contribution in [2.75, 3.05) is 51.5 Å². The molecule has 0 bridgehead atoms. The molecule has 2 aromatic carbocycles. The van der Waals surface area contributed by atoms with Crippen LogP contribution < -0.4 is 19.1 Å². The molecule has 2 aliphatic rings. The highest BCUT2D eigenvalue weighted by atomic mass is 79.9. The molecule has 0 aromatic heterocycles. The van der Waals surface area contributed by atoms with Gasteiger partial charge in [-0.1, -0.05) is 6.07 Å². The molecule has 26 heavy (non-hydrogen) atoms. The van der Waals surface area contributed by atoms with Gasteiger partial charge < -0.3 is 19.1 Å². The molecule has 0 N–H and O–H groups in total. The second-order valence-corrected chi connectivity index (χ2v) is 7.44. The van der Waals surface area contributed by atoms with Gasteiger partial charge in [-0.25, -0.2) is 0 Å². The lowest BCUT2D eigenvalue weighted by molar-refractivity contribution is 0.174. The van der Waals surface area contributed by atoms with Gasteiger partial charge in [0.2, 0.25) is 6.79 Å². The molecule has 1 saturated heterocycles. The molecule has 4 rings (SSSR count). The third kappa shape index (κ3) is 3.76. The van der Waals surface area contributed by atoms with Crippen molar-refractivity contribution in [2.45, 2.75) is 6.42 Å². The number of piperazine rings is 1. The topological polar surface area (TPSA) is 34.2 Å². The molecule has 0 saturated carbocycles. The number of ether oxygens (including phenoxy) is 3. The van der Waals surface area contributed by atoms with Crippen molar-refractivity contribution in [1.82, 2.24) is 4.90 Å². The van der Waals surface area contributed by atoms with Gasteiger partial charge >= 0.3 is 0 Å². The van der Waals surface area contributed by atoms with Gasteiger partial charge in [-0.2, -0.15) is 0 Å². The summed E-state index contributed by atoms with van der Waals surface area (Å²) in [6, 6.07) is 12.6. The molecule has 5 nitrogen and oxygen atoms in total. The smallest absolute Gasteiger partial charge is 0.231 e. The molecule has 1 fully saturated rings. The van der Waals surface area contributed by atoms with Crippen LogP contribution in [0.2, 0.25) is 0 Å². The highest BCUT2D eigenvalue weighted by molar-refractivity contribution is 9.10. The SMILES string of the molecule is COc1cc(N2CCN(CCc3ccc4c(c3)OCO4)CC2)ccc1Br. The van der Waals surface area contributed by atoms with Crippen molar-refractivity contribution in [3.8, 4) is 17.2 Å². The van der Waals surface area contributed by atoms with Crippen molar-refractivity contribution < 1.29 is 14.2 Å². The Morgan fingerprint density at radius 3 is 2.62 bits per heavy atom. The number of anilines is 1. The predicted octanol–water partition coefficient (Wildman–Crippen LogP) is 3.55. The Labute approximate surface area is 162 Å². The monoisotopic (exact) mass is 418 g/mol. The van der Waals surface area contributed by atoms with Gasteiger partial charge in [0, 0.05) is 44.5 Å². The normalized spacial score (nSPS) is 16.8. The van der Waals surface area contributed by atoms with E-state index >= 15 is 0 Å². The molecule has 2 heterocycles. The zero-order valence-corrected chi connectivity index (χ0v) is 16.5. The van der Waals surface area contributed by atoms with Crippen LogP contribution in [-0.4, -0.2) is 51.5 Å². The summed E-state index contributed by atoms with van der Waals surface area (Å²) in [5.41, 5.74) is 2.52. The standard InChI is InChI=1S/C20H23BrN2O3/c1-24-19-13-16(3-4-17(19)21)23-10-8-22(9-11-23)7-6-15-2-5-18-20(12-15)26-14-25-18/h2-5,12-13H,6-11,14H2,1H3. The average Bonchev–Trinajstić information content (AvgIpc) is 3.15. The molecule has 0 radical (unpaired) electrons. The fourth-order valence-corrected chi connectivity index (χ4v) is 3.87. The van der Waals surface area contributed by atoms with Crippen molar-refractivity contribution in [3.63, 3.8) is 0 Å². The molecule has 0 aliphatic carbocycles. The van der Waals surface area contributed by atoms with Crippen LogP contribution in [-0.2, 0) is 6.42 Å². The van der Waals surface area contributed by atoms with Gasteiger partial charge in [-0.05, 0) is 52.2 Å². The van der Waals surface area contributed by atoms with E-state index in [4.69, 9.17) is 14.2 Å². The number of fused-ring (bicyclic) bond motifs is 1. The van der Waals surface area contributed by atoms with Crippen LogP contribution in [0.25, 0.3) is 0 Å². The zero-order chi connectivity index (χ0) is 17.9. The van der Waals surface area contributed by atoms with Crippen molar-refractivity contribution in [2.24, 2.45) is 0 Å². The minimum absolute atomic E-state index is 0.335. The first-order valence-electron chi connectivity index (χ1n) is 8.92. The summed E-state index contributed by atoms with van der Waals surface area (Å²) >= 11 is 3.52. The molecular formula is C20H23BrN2O3. The molecule has 0 unspecified atom stereocenters. The second kappa shape index (κ2) is 7.76. The fraction of sp³-hybridized carbons (Fsp3) is 0.400. The van der Waals surface area contributed by atoms with E-state index in [1.165, 1.54) is 11.3 Å². The van der Waals surface area contributed by atoms with E-state index in [1.807, 2.05) is 6.07 Å². The van der Waals surface area contributed by atoms with Crippen LogP contribution in [0.15, 0.2) is 40.9 Å². The van der Waals surface area contributed by atoms with E-state index in [-0.39, 0.29) is 0 Å². The number of methoxy groups -OCH3 is 1. The van der Waals surface area contributed by atoms with Crippen molar-refractivity contribution >= 4 is 21.6 Å². The molecule has 0 spiro atoms. The van der Waals surface area contributed by atoms with Gasteiger partial charge in [-0.15, -0.1) is 0 Å². The number of hydrogen-bond donors (Lipinski definition) is 0. The van der Waals surface area contributed by atoms with Crippen LogP contribution in [0.4, 0.5) is 5.69 Å². The lowest BCUT2D eigenvalue weighted by atomic mass is 10.1. The van der Waals surface area contributed by atoms with Crippen LogP contribution in [0.3, 0.4) is 0 Å². The quantitative estimate of drug-likeness (QED) is 0.741. The van der Waals surface area contributed by atoms with Crippen LogP contribution in [0.5, 0.6) is 17.2 Å². The Kier molecular flexibility index (Phi) is 5.22. The summed E-state index contributed by atoms with van der Waals surface area (Å²) in [4.78, 5) is 4.95. The van der Waals surface area contributed by atoms with Crippen LogP contribution >= 0.6 is 15.9 Å². The lowest BCUT2D eigenvalue weighted by Crippen LogP contribution is -2.47. The molecule has 0 atom stereocenters. The molecule has 2 aromatic rings. The van der Waals surface area contributed by atoms with E-state index in [0.29, 0.717) is 6.79 Å². The molecule has 0 amide bonds. The maximum atomic E-state index is 5.47. The number of halogens is 1. The highest BCUT2D eigenvalue weighted by Gasteiger charge is 2.19. The summed E-state index contributed by atoms with van der Waals surface area (Å²) in [5, 5.41) is 0. The van der Waals surface area contributed by atoms with E-state index < -0.39 is 0 Å². The summed E-state index contributed by atoms with van der Waals surface area (Å²) < 4.78 is 17.2. The summed E-state index contributed by atoms with van der Waals surface area (Å²) in [5.74, 6) is 2.61. The maximum Gasteiger partial charge on any atom is 0.231 e. The maximum absolute atomic E-state index is 5.47. The molecule has 138 valence electrons. The van der Waals surface area contributed by atoms with Gasteiger partial charge in [-0.3, -0.25) is 4.90 Å². The van der Waals surface area contributed by atoms with Crippen molar-refractivity contribution in [1.29, 1.82) is 0 Å². The minimum atomic E-state index is 0.335. The van der Waals surface area contributed by atoms with Crippen molar-refractivity contribution in [3.05, 3.63) is 46.4 Å². The molecule has 6 heteroatoms. The summed E-state index contributed by atoms with van der Waals surface area (Å²) in [6.45, 7) is 5.61. The highest BCUT2D eigenvalue weighted by Crippen LogP contribution is 2.33. The Hall–Kier alpha value is -1.92. The van der Waals surface area contributed by atoms with Gasteiger partial charge in [0.05, 0.1) is 11.6 Å². The molecule has 2 aliphatic heterocycles. The first-order valence-corrected chi connectivity index (χ1v) is 9.71. The van der Waals surface area contributed by atoms with E-state index in [0.717, 1.165) is 60.9 Å². The van der Waals surface area contributed by atoms with Crippen LogP contribution in [0.1, 0.15) is 5.56 Å². The molecular weight excluding hydrogens is 396 g/mol. The van der Waals surface area contributed by atoms with E-state index in [9.17, 15) is 0 Å². The first-order chi connectivity index (χ1) is 12.7. The first kappa shape index (κ1) is 17.5. The number of hydrogen-bond acceptors (Lipinski definition) is 5. The number of benzene rings is 2. The fourth-order valence-electron chi connectivity index (χ4n) is 3.46. The summed E-state index contributed by atoms with van der Waals surface area (Å²) in [6.07, 6.45) is 1.03. The third-order valence-electron chi connectivity index (χ3n) is 5.03. The average molecular weight is 419 g/mol. The Morgan fingerprint density at radius 1 is 1.00 bits per heavy atom. The predicted molar refractivity (Wildman–Crippen MR) is 106 cm³/mol. The Morgan fingerprint density at radius 2 is 1.81 bits per heavy atom. The number of rotatable bonds is 5. The van der Waals surface area contributed by atoms with E-state index in [2.05, 4.69) is 56.1 Å². The van der Waals surface area contributed by atoms with Gasteiger partial charge in [0.15, 0.2) is 11.5 Å². The van der Waals surface area contributed by atoms with Gasteiger partial charge in [0.25, 0.3) is 0 Å². The number of nitrogens with zero attached hydrogens (tertiary/aromatic N) is 2. The Bertz CT molecular complexity index is 776. The van der Waals surface area contributed by atoms with Crippen LogP contribution in [0, 0.1) is 0 Å².